The number of hydrogen-bond acceptors (Lipinski definition) is 1. The van der Waals surface area contributed by atoms with E-state index in [1.807, 2.05) is 0 Å². The highest BCUT2D eigenvalue weighted by atomic mass is 15.1. The molecule has 0 bridgehead atoms. The first-order chi connectivity index (χ1) is 6.22. The van der Waals surface area contributed by atoms with Gasteiger partial charge in [-0.25, -0.2) is 0 Å². The third kappa shape index (κ3) is 3.95. The van der Waals surface area contributed by atoms with Crippen LogP contribution in [0.15, 0.2) is 12.2 Å². The molecule has 0 spiro atoms. The minimum Gasteiger partial charge on any atom is -0.299 e. The van der Waals surface area contributed by atoms with Crippen LogP contribution in [-0.4, -0.2) is 24.5 Å². The Morgan fingerprint density at radius 3 is 2.77 bits per heavy atom. The Labute approximate surface area is 82.8 Å². The van der Waals surface area contributed by atoms with Gasteiger partial charge in [-0.3, -0.25) is 4.90 Å². The van der Waals surface area contributed by atoms with Crippen molar-refractivity contribution in [3.05, 3.63) is 12.2 Å². The molecule has 0 saturated carbocycles. The zero-order chi connectivity index (χ0) is 9.68. The zero-order valence-corrected chi connectivity index (χ0v) is 9.18. The Morgan fingerprint density at radius 1 is 1.38 bits per heavy atom. The first kappa shape index (κ1) is 10.8. The third-order valence-corrected chi connectivity index (χ3v) is 3.01. The molecule has 0 N–H and O–H groups in total. The minimum atomic E-state index is 0.982. The number of rotatable bonds is 3. The molecule has 0 aromatic heterocycles. The normalized spacial score (nSPS) is 25.5. The van der Waals surface area contributed by atoms with E-state index in [4.69, 9.17) is 0 Å². The van der Waals surface area contributed by atoms with Gasteiger partial charge in [0.25, 0.3) is 0 Å². The lowest BCUT2D eigenvalue weighted by Crippen LogP contribution is -2.26. The molecule has 1 rings (SSSR count). The van der Waals surface area contributed by atoms with Gasteiger partial charge in [0.05, 0.1) is 0 Å². The van der Waals surface area contributed by atoms with E-state index in [2.05, 4.69) is 25.3 Å². The topological polar surface area (TPSA) is 3.24 Å². The quantitative estimate of drug-likeness (QED) is 0.605. The van der Waals surface area contributed by atoms with Gasteiger partial charge in [0.1, 0.15) is 0 Å². The van der Waals surface area contributed by atoms with Crippen molar-refractivity contribution in [2.75, 3.05) is 19.6 Å². The van der Waals surface area contributed by atoms with Crippen molar-refractivity contribution < 1.29 is 0 Å². The Balaban J connectivity index is 2.31. The average molecular weight is 181 g/mol. The van der Waals surface area contributed by atoms with Gasteiger partial charge in [0.2, 0.25) is 0 Å². The summed E-state index contributed by atoms with van der Waals surface area (Å²) in [6, 6.07) is 0. The highest BCUT2D eigenvalue weighted by molar-refractivity contribution is 4.92. The van der Waals surface area contributed by atoms with Crippen molar-refractivity contribution in [2.45, 2.75) is 39.5 Å². The van der Waals surface area contributed by atoms with Crippen molar-refractivity contribution in [1.29, 1.82) is 0 Å². The molecule has 1 unspecified atom stereocenters. The lowest BCUT2D eigenvalue weighted by atomic mass is 9.98. The Hall–Kier alpha value is -0.300. The van der Waals surface area contributed by atoms with Gasteiger partial charge in [-0.2, -0.15) is 0 Å². The summed E-state index contributed by atoms with van der Waals surface area (Å²) < 4.78 is 0. The molecule has 76 valence electrons. The van der Waals surface area contributed by atoms with Crippen LogP contribution in [0.5, 0.6) is 0 Å². The van der Waals surface area contributed by atoms with Crippen molar-refractivity contribution in [3.63, 3.8) is 0 Å². The molecule has 1 heterocycles. The summed E-state index contributed by atoms with van der Waals surface area (Å²) >= 11 is 0. The van der Waals surface area contributed by atoms with Crippen LogP contribution in [0.2, 0.25) is 0 Å². The molecule has 1 nitrogen and oxygen atoms in total. The molecule has 1 aliphatic rings. The fourth-order valence-electron chi connectivity index (χ4n) is 2.17. The van der Waals surface area contributed by atoms with Gasteiger partial charge < -0.3 is 0 Å². The molecule has 1 atom stereocenters. The van der Waals surface area contributed by atoms with Crippen LogP contribution < -0.4 is 0 Å². The SMILES string of the molecule is C=C(C)CN1CCCC(CC)CC1. The van der Waals surface area contributed by atoms with Crippen LogP contribution in [0, 0.1) is 5.92 Å². The molecule has 0 aliphatic carbocycles. The molecule has 13 heavy (non-hydrogen) atoms. The molecule has 0 aromatic carbocycles. The molecule has 1 aliphatic heterocycles. The molecular weight excluding hydrogens is 158 g/mol. The molecule has 0 aromatic rings. The monoisotopic (exact) mass is 181 g/mol. The second-order valence-corrected chi connectivity index (χ2v) is 4.44. The molecule has 1 saturated heterocycles. The lowest BCUT2D eigenvalue weighted by molar-refractivity contribution is 0.303. The smallest absolute Gasteiger partial charge is 0.0187 e. The van der Waals surface area contributed by atoms with Crippen molar-refractivity contribution in [2.24, 2.45) is 5.92 Å². The first-order valence-corrected chi connectivity index (χ1v) is 5.59. The van der Waals surface area contributed by atoms with E-state index in [0.29, 0.717) is 0 Å². The fraction of sp³-hybridized carbons (Fsp3) is 0.833. The maximum atomic E-state index is 3.98. The molecule has 1 fully saturated rings. The second kappa shape index (κ2) is 5.43. The van der Waals surface area contributed by atoms with E-state index < -0.39 is 0 Å². The van der Waals surface area contributed by atoms with E-state index >= 15 is 0 Å². The lowest BCUT2D eigenvalue weighted by Gasteiger charge is -2.19. The fourth-order valence-corrected chi connectivity index (χ4v) is 2.17. The highest BCUT2D eigenvalue weighted by Crippen LogP contribution is 2.20. The van der Waals surface area contributed by atoms with E-state index in [0.717, 1.165) is 12.5 Å². The van der Waals surface area contributed by atoms with Gasteiger partial charge in [-0.15, -0.1) is 0 Å². The van der Waals surface area contributed by atoms with Gasteiger partial charge in [-0.05, 0) is 45.2 Å². The summed E-state index contributed by atoms with van der Waals surface area (Å²) in [5.74, 6) is 0.982. The van der Waals surface area contributed by atoms with Crippen LogP contribution >= 0.6 is 0 Å². The molecule has 0 amide bonds. The Kier molecular flexibility index (Phi) is 4.51. The van der Waals surface area contributed by atoms with Gasteiger partial charge in [0, 0.05) is 6.54 Å². The van der Waals surface area contributed by atoms with Crippen LogP contribution in [0.25, 0.3) is 0 Å². The van der Waals surface area contributed by atoms with E-state index in [1.54, 1.807) is 0 Å². The molecule has 0 radical (unpaired) electrons. The summed E-state index contributed by atoms with van der Waals surface area (Å²) in [6.45, 7) is 12.1. The van der Waals surface area contributed by atoms with Gasteiger partial charge >= 0.3 is 0 Å². The highest BCUT2D eigenvalue weighted by Gasteiger charge is 2.14. The van der Waals surface area contributed by atoms with Gasteiger partial charge in [-0.1, -0.05) is 25.5 Å². The maximum Gasteiger partial charge on any atom is 0.0187 e. The second-order valence-electron chi connectivity index (χ2n) is 4.44. The summed E-state index contributed by atoms with van der Waals surface area (Å²) in [5, 5.41) is 0. The summed E-state index contributed by atoms with van der Waals surface area (Å²) in [7, 11) is 0. The molecule has 1 heteroatoms. The van der Waals surface area contributed by atoms with Gasteiger partial charge in [0.15, 0.2) is 0 Å². The summed E-state index contributed by atoms with van der Waals surface area (Å²) in [6.07, 6.45) is 5.57. The molecular formula is C12H23N. The first-order valence-electron chi connectivity index (χ1n) is 5.59. The standard InChI is InChI=1S/C12H23N/c1-4-12-6-5-8-13(9-7-12)10-11(2)3/h12H,2,4-10H2,1,3H3. The van der Waals surface area contributed by atoms with Crippen LogP contribution in [-0.2, 0) is 0 Å². The Morgan fingerprint density at radius 2 is 2.15 bits per heavy atom. The summed E-state index contributed by atoms with van der Waals surface area (Å²) in [5.41, 5.74) is 1.30. The van der Waals surface area contributed by atoms with Crippen LogP contribution in [0.1, 0.15) is 39.5 Å². The third-order valence-electron chi connectivity index (χ3n) is 3.01. The van der Waals surface area contributed by atoms with E-state index in [-0.39, 0.29) is 0 Å². The Bertz CT molecular complexity index is 163. The van der Waals surface area contributed by atoms with Crippen LogP contribution in [0.4, 0.5) is 0 Å². The van der Waals surface area contributed by atoms with Crippen molar-refractivity contribution >= 4 is 0 Å². The summed E-state index contributed by atoms with van der Waals surface area (Å²) in [4.78, 5) is 2.55. The number of nitrogens with zero attached hydrogens (tertiary/aromatic N) is 1. The maximum absolute atomic E-state index is 3.98. The van der Waals surface area contributed by atoms with Crippen molar-refractivity contribution in [1.82, 2.24) is 4.90 Å². The zero-order valence-electron chi connectivity index (χ0n) is 9.18. The minimum absolute atomic E-state index is 0.982. The van der Waals surface area contributed by atoms with E-state index in [9.17, 15) is 0 Å². The van der Waals surface area contributed by atoms with Crippen molar-refractivity contribution in [3.8, 4) is 0 Å². The van der Waals surface area contributed by atoms with Crippen LogP contribution in [0.3, 0.4) is 0 Å². The van der Waals surface area contributed by atoms with E-state index in [1.165, 1.54) is 44.3 Å². The predicted molar refractivity (Wildman–Crippen MR) is 58.9 cm³/mol. The number of hydrogen-bond donors (Lipinski definition) is 0. The predicted octanol–water partition coefficient (Wildman–Crippen LogP) is 3.07. The average Bonchev–Trinajstić information content (AvgIpc) is 2.29. The number of likely N-dealkylation sites (tertiary alicyclic amines) is 1. The largest absolute Gasteiger partial charge is 0.299 e.